The first-order valence-electron chi connectivity index (χ1n) is 10.2. The van der Waals surface area contributed by atoms with Crippen molar-refractivity contribution in [3.63, 3.8) is 0 Å². The molecule has 0 bridgehead atoms. The highest BCUT2D eigenvalue weighted by Gasteiger charge is 2.31. The fourth-order valence-corrected chi connectivity index (χ4v) is 4.02. The maximum absolute atomic E-state index is 12.9. The third-order valence-electron chi connectivity index (χ3n) is 5.75. The highest BCUT2D eigenvalue weighted by molar-refractivity contribution is 5.94. The molecule has 1 N–H and O–H groups in total. The number of aryl methyl sites for hydroxylation is 1. The molecule has 0 aliphatic carbocycles. The molecule has 0 atom stereocenters. The van der Waals surface area contributed by atoms with Crippen LogP contribution in [-0.2, 0) is 11.2 Å². The lowest BCUT2D eigenvalue weighted by Crippen LogP contribution is -2.43. The number of aliphatic hydroxyl groups is 1. The molecule has 2 aliphatic rings. The molecule has 1 aromatic rings. The van der Waals surface area contributed by atoms with Gasteiger partial charge in [0, 0.05) is 37.7 Å². The second-order valence-electron chi connectivity index (χ2n) is 8.61. The van der Waals surface area contributed by atoms with Crippen molar-refractivity contribution in [2.75, 3.05) is 26.2 Å². The number of likely N-dealkylation sites (tertiary alicyclic amines) is 2. The molecule has 2 heterocycles. The first-order valence-corrected chi connectivity index (χ1v) is 10.2. The number of hydrogen-bond donors (Lipinski definition) is 1. The number of nitrogens with zero attached hydrogens (tertiary/aromatic N) is 2. The summed E-state index contributed by atoms with van der Waals surface area (Å²) >= 11 is 0. The monoisotopic (exact) mass is 372 g/mol. The van der Waals surface area contributed by atoms with Crippen molar-refractivity contribution in [2.45, 2.75) is 58.0 Å². The largest absolute Gasteiger partial charge is 0.390 e. The standard InChI is InChI=1S/C22H32N2O3/c1-22(2,27)11-8-17-6-5-7-19(16-17)21(26)24-14-9-18(10-15-24)20(25)23-12-3-4-13-23/h5-7,16,18,27H,3-4,8-15H2,1-2H3. The number of hydrogen-bond acceptors (Lipinski definition) is 3. The van der Waals surface area contributed by atoms with Crippen LogP contribution in [0.4, 0.5) is 0 Å². The summed E-state index contributed by atoms with van der Waals surface area (Å²) in [6.07, 6.45) is 5.17. The van der Waals surface area contributed by atoms with Gasteiger partial charge in [-0.1, -0.05) is 12.1 Å². The highest BCUT2D eigenvalue weighted by Crippen LogP contribution is 2.23. The number of carbonyl (C=O) groups is 2. The third kappa shape index (κ3) is 5.32. The molecule has 2 amide bonds. The van der Waals surface area contributed by atoms with Gasteiger partial charge in [0.25, 0.3) is 5.91 Å². The normalized spacial score (nSPS) is 18.8. The van der Waals surface area contributed by atoms with Gasteiger partial charge in [-0.25, -0.2) is 0 Å². The molecule has 0 aromatic heterocycles. The fourth-order valence-electron chi connectivity index (χ4n) is 4.02. The van der Waals surface area contributed by atoms with Crippen LogP contribution in [0.25, 0.3) is 0 Å². The summed E-state index contributed by atoms with van der Waals surface area (Å²) in [6, 6.07) is 7.72. The van der Waals surface area contributed by atoms with Gasteiger partial charge in [-0.15, -0.1) is 0 Å². The van der Waals surface area contributed by atoms with E-state index < -0.39 is 5.60 Å². The number of amides is 2. The Morgan fingerprint density at radius 3 is 2.37 bits per heavy atom. The van der Waals surface area contributed by atoms with Crippen molar-refractivity contribution in [2.24, 2.45) is 5.92 Å². The van der Waals surface area contributed by atoms with E-state index in [1.165, 1.54) is 0 Å². The first kappa shape index (κ1) is 19.9. The zero-order valence-corrected chi connectivity index (χ0v) is 16.6. The molecule has 0 unspecified atom stereocenters. The summed E-state index contributed by atoms with van der Waals surface area (Å²) in [4.78, 5) is 29.3. The molecule has 148 valence electrons. The summed E-state index contributed by atoms with van der Waals surface area (Å²) in [5.41, 5.74) is 1.07. The Morgan fingerprint density at radius 1 is 1.07 bits per heavy atom. The van der Waals surface area contributed by atoms with Crippen molar-refractivity contribution in [1.82, 2.24) is 9.80 Å². The summed E-state index contributed by atoms with van der Waals surface area (Å²) in [6.45, 7) is 6.70. The van der Waals surface area contributed by atoms with Gasteiger partial charge >= 0.3 is 0 Å². The van der Waals surface area contributed by atoms with Gasteiger partial charge in [0.2, 0.25) is 5.91 Å². The Bertz CT molecular complexity index is 666. The van der Waals surface area contributed by atoms with E-state index in [2.05, 4.69) is 0 Å². The van der Waals surface area contributed by atoms with Crippen LogP contribution in [0.1, 0.15) is 61.9 Å². The van der Waals surface area contributed by atoms with Crippen LogP contribution in [0.5, 0.6) is 0 Å². The van der Waals surface area contributed by atoms with Gasteiger partial charge in [0.1, 0.15) is 0 Å². The number of piperidine rings is 1. The highest BCUT2D eigenvalue weighted by atomic mass is 16.3. The number of benzene rings is 1. The van der Waals surface area contributed by atoms with Crippen LogP contribution in [-0.4, -0.2) is 58.5 Å². The van der Waals surface area contributed by atoms with Crippen LogP contribution in [0, 0.1) is 5.92 Å². The summed E-state index contributed by atoms with van der Waals surface area (Å²) in [5.74, 6) is 0.408. The van der Waals surface area contributed by atoms with E-state index in [1.807, 2.05) is 34.1 Å². The minimum Gasteiger partial charge on any atom is -0.390 e. The SMILES string of the molecule is CC(C)(O)CCc1cccc(C(=O)N2CCC(C(=O)N3CCCC3)CC2)c1. The van der Waals surface area contributed by atoms with Crippen molar-refractivity contribution in [1.29, 1.82) is 0 Å². The van der Waals surface area contributed by atoms with E-state index >= 15 is 0 Å². The van der Waals surface area contributed by atoms with E-state index in [-0.39, 0.29) is 17.7 Å². The van der Waals surface area contributed by atoms with Crippen molar-refractivity contribution < 1.29 is 14.7 Å². The lowest BCUT2D eigenvalue weighted by atomic mass is 9.94. The second kappa shape index (κ2) is 8.42. The fraction of sp³-hybridized carbons (Fsp3) is 0.636. The van der Waals surface area contributed by atoms with E-state index in [0.717, 1.165) is 50.8 Å². The molecular weight excluding hydrogens is 340 g/mol. The van der Waals surface area contributed by atoms with E-state index in [0.29, 0.717) is 25.1 Å². The Hall–Kier alpha value is -1.88. The summed E-state index contributed by atoms with van der Waals surface area (Å²) < 4.78 is 0. The van der Waals surface area contributed by atoms with Gasteiger partial charge in [-0.3, -0.25) is 9.59 Å². The first-order chi connectivity index (χ1) is 12.8. The maximum atomic E-state index is 12.9. The van der Waals surface area contributed by atoms with Gasteiger partial charge in [0.15, 0.2) is 0 Å². The van der Waals surface area contributed by atoms with Gasteiger partial charge in [-0.05, 0) is 70.1 Å². The second-order valence-corrected chi connectivity index (χ2v) is 8.61. The summed E-state index contributed by atoms with van der Waals surface area (Å²) in [5, 5.41) is 9.90. The molecule has 5 heteroatoms. The molecule has 0 radical (unpaired) electrons. The van der Waals surface area contributed by atoms with Crippen molar-refractivity contribution in [3.05, 3.63) is 35.4 Å². The molecule has 2 saturated heterocycles. The Morgan fingerprint density at radius 2 is 1.74 bits per heavy atom. The zero-order chi connectivity index (χ0) is 19.4. The molecule has 3 rings (SSSR count). The van der Waals surface area contributed by atoms with Gasteiger partial charge in [0.05, 0.1) is 5.60 Å². The van der Waals surface area contributed by atoms with E-state index in [4.69, 9.17) is 0 Å². The predicted molar refractivity (Wildman–Crippen MR) is 106 cm³/mol. The zero-order valence-electron chi connectivity index (χ0n) is 16.6. The van der Waals surface area contributed by atoms with Crippen LogP contribution in [0.15, 0.2) is 24.3 Å². The van der Waals surface area contributed by atoms with Gasteiger partial charge < -0.3 is 14.9 Å². The quantitative estimate of drug-likeness (QED) is 0.865. The molecule has 27 heavy (non-hydrogen) atoms. The van der Waals surface area contributed by atoms with Crippen LogP contribution in [0.3, 0.4) is 0 Å². The van der Waals surface area contributed by atoms with Crippen LogP contribution < -0.4 is 0 Å². The van der Waals surface area contributed by atoms with Crippen LogP contribution >= 0.6 is 0 Å². The lowest BCUT2D eigenvalue weighted by molar-refractivity contribution is -0.135. The molecular formula is C22H32N2O3. The number of carbonyl (C=O) groups excluding carboxylic acids is 2. The van der Waals surface area contributed by atoms with Crippen molar-refractivity contribution >= 4 is 11.8 Å². The minimum atomic E-state index is -0.705. The Kier molecular flexibility index (Phi) is 6.20. The Balaban J connectivity index is 1.55. The maximum Gasteiger partial charge on any atom is 0.253 e. The smallest absolute Gasteiger partial charge is 0.253 e. The minimum absolute atomic E-state index is 0.0483. The molecule has 0 spiro atoms. The molecule has 5 nitrogen and oxygen atoms in total. The van der Waals surface area contributed by atoms with E-state index in [9.17, 15) is 14.7 Å². The number of rotatable bonds is 5. The topological polar surface area (TPSA) is 60.9 Å². The molecule has 2 fully saturated rings. The van der Waals surface area contributed by atoms with Crippen LogP contribution in [0.2, 0.25) is 0 Å². The van der Waals surface area contributed by atoms with Gasteiger partial charge in [-0.2, -0.15) is 0 Å². The Labute approximate surface area is 162 Å². The molecule has 1 aromatic carbocycles. The van der Waals surface area contributed by atoms with E-state index in [1.54, 1.807) is 13.8 Å². The average molecular weight is 373 g/mol. The molecule has 0 saturated carbocycles. The third-order valence-corrected chi connectivity index (χ3v) is 5.75. The molecule has 2 aliphatic heterocycles. The lowest BCUT2D eigenvalue weighted by Gasteiger charge is -2.33. The predicted octanol–water partition coefficient (Wildman–Crippen LogP) is 2.86. The van der Waals surface area contributed by atoms with Crippen molar-refractivity contribution in [3.8, 4) is 0 Å². The summed E-state index contributed by atoms with van der Waals surface area (Å²) in [7, 11) is 0. The average Bonchev–Trinajstić information content (AvgIpc) is 3.20.